The van der Waals surface area contributed by atoms with Crippen molar-refractivity contribution in [2.75, 3.05) is 0 Å². The lowest BCUT2D eigenvalue weighted by molar-refractivity contribution is 0.819. The zero-order chi connectivity index (χ0) is 8.10. The summed E-state index contributed by atoms with van der Waals surface area (Å²) in [5.74, 6) is 0.799. The van der Waals surface area contributed by atoms with E-state index >= 15 is 0 Å². The number of rotatable bonds is 3. The Morgan fingerprint density at radius 1 is 1.73 bits per heavy atom. The molecule has 0 saturated carbocycles. The summed E-state index contributed by atoms with van der Waals surface area (Å²) in [4.78, 5) is 8.17. The molecule has 3 nitrogen and oxygen atoms in total. The predicted molar refractivity (Wildman–Crippen MR) is 43.8 cm³/mol. The third kappa shape index (κ3) is 2.37. The summed E-state index contributed by atoms with van der Waals surface area (Å²) in [6.07, 6.45) is 3.40. The van der Waals surface area contributed by atoms with Crippen LogP contribution < -0.4 is 5.32 Å². The first-order valence-electron chi connectivity index (χ1n) is 3.46. The fourth-order valence-electron chi connectivity index (χ4n) is 0.780. The Bertz CT molecular complexity index is 245. The molecule has 3 heteroatoms. The highest BCUT2D eigenvalue weighted by atomic mass is 14.9. The molecule has 1 aromatic heterocycles. The molecule has 1 rings (SSSR count). The Balaban J connectivity index is 2.63. The largest absolute Gasteiger partial charge is 0.386 e. The maximum atomic E-state index is 4.19. The second-order valence-corrected chi connectivity index (χ2v) is 2.18. The van der Waals surface area contributed by atoms with Crippen LogP contribution in [-0.4, -0.2) is 9.97 Å². The molecule has 1 heterocycles. The number of aromatic nitrogens is 2. The fourth-order valence-corrected chi connectivity index (χ4v) is 0.780. The van der Waals surface area contributed by atoms with Crippen LogP contribution in [0.3, 0.4) is 0 Å². The summed E-state index contributed by atoms with van der Waals surface area (Å²) in [5.41, 5.74) is 0.984. The lowest BCUT2D eigenvalue weighted by Gasteiger charge is -1.99. The van der Waals surface area contributed by atoms with Crippen LogP contribution in [0.25, 0.3) is 0 Å². The number of nitrogens with one attached hydrogen (secondary N) is 1. The van der Waals surface area contributed by atoms with Crippen LogP contribution in [0, 0.1) is 6.92 Å². The van der Waals surface area contributed by atoms with Crippen molar-refractivity contribution in [1.82, 2.24) is 15.3 Å². The van der Waals surface area contributed by atoms with Crippen molar-refractivity contribution >= 4 is 0 Å². The maximum Gasteiger partial charge on any atom is 0.125 e. The van der Waals surface area contributed by atoms with E-state index in [1.807, 2.05) is 13.0 Å². The smallest absolute Gasteiger partial charge is 0.125 e. The van der Waals surface area contributed by atoms with Gasteiger partial charge in [0, 0.05) is 6.20 Å². The number of aryl methyl sites for hydroxylation is 1. The minimum atomic E-state index is 0.715. The molecule has 1 N–H and O–H groups in total. The van der Waals surface area contributed by atoms with Crippen LogP contribution >= 0.6 is 0 Å². The molecule has 0 atom stereocenters. The molecule has 0 bridgehead atoms. The zero-order valence-corrected chi connectivity index (χ0v) is 6.54. The molecular weight excluding hydrogens is 138 g/mol. The average Bonchev–Trinajstić information content (AvgIpc) is 2.01. The van der Waals surface area contributed by atoms with Crippen LogP contribution in [0.4, 0.5) is 0 Å². The molecule has 0 unspecified atom stereocenters. The highest BCUT2D eigenvalue weighted by Gasteiger charge is 1.91. The van der Waals surface area contributed by atoms with E-state index < -0.39 is 0 Å². The van der Waals surface area contributed by atoms with Crippen molar-refractivity contribution in [3.05, 3.63) is 36.6 Å². The van der Waals surface area contributed by atoms with Gasteiger partial charge in [0.1, 0.15) is 5.82 Å². The van der Waals surface area contributed by atoms with Crippen molar-refractivity contribution in [2.45, 2.75) is 13.5 Å². The molecule has 11 heavy (non-hydrogen) atoms. The van der Waals surface area contributed by atoms with Crippen molar-refractivity contribution in [2.24, 2.45) is 0 Å². The molecule has 0 amide bonds. The topological polar surface area (TPSA) is 37.8 Å². The fraction of sp³-hybridized carbons (Fsp3) is 0.250. The third-order valence-corrected chi connectivity index (χ3v) is 1.26. The molecular formula is C8H11N3. The SMILES string of the molecule is C=CNCc1ccnc(C)n1. The summed E-state index contributed by atoms with van der Waals surface area (Å²) in [7, 11) is 0. The molecule has 0 fully saturated rings. The first kappa shape index (κ1) is 7.72. The average molecular weight is 149 g/mol. The van der Waals surface area contributed by atoms with Crippen molar-refractivity contribution in [3.8, 4) is 0 Å². The second-order valence-electron chi connectivity index (χ2n) is 2.18. The number of hydrogen-bond donors (Lipinski definition) is 1. The summed E-state index contributed by atoms with van der Waals surface area (Å²) < 4.78 is 0. The third-order valence-electron chi connectivity index (χ3n) is 1.26. The zero-order valence-electron chi connectivity index (χ0n) is 6.54. The minimum absolute atomic E-state index is 0.715. The van der Waals surface area contributed by atoms with E-state index in [9.17, 15) is 0 Å². The Kier molecular flexibility index (Phi) is 2.60. The second kappa shape index (κ2) is 3.71. The summed E-state index contributed by atoms with van der Waals surface area (Å²) in [6.45, 7) is 6.13. The molecule has 0 aliphatic heterocycles. The summed E-state index contributed by atoms with van der Waals surface area (Å²) in [6, 6.07) is 1.88. The van der Waals surface area contributed by atoms with E-state index in [1.165, 1.54) is 0 Å². The van der Waals surface area contributed by atoms with Crippen molar-refractivity contribution in [3.63, 3.8) is 0 Å². The minimum Gasteiger partial charge on any atom is -0.386 e. The van der Waals surface area contributed by atoms with Gasteiger partial charge in [-0.25, -0.2) is 9.97 Å². The standard InChI is InChI=1S/C8H11N3/c1-3-9-6-8-4-5-10-7(2)11-8/h3-5,9H,1,6H2,2H3. The van der Waals surface area contributed by atoms with E-state index in [2.05, 4.69) is 21.9 Å². The summed E-state index contributed by atoms with van der Waals surface area (Å²) in [5, 5.41) is 2.97. The van der Waals surface area contributed by atoms with E-state index in [4.69, 9.17) is 0 Å². The summed E-state index contributed by atoms with van der Waals surface area (Å²) >= 11 is 0. The van der Waals surface area contributed by atoms with Crippen molar-refractivity contribution in [1.29, 1.82) is 0 Å². The van der Waals surface area contributed by atoms with E-state index in [-0.39, 0.29) is 0 Å². The van der Waals surface area contributed by atoms with E-state index in [0.717, 1.165) is 11.5 Å². The molecule has 0 radical (unpaired) electrons. The molecule has 0 aromatic carbocycles. The van der Waals surface area contributed by atoms with Crippen LogP contribution in [0.2, 0.25) is 0 Å². The maximum absolute atomic E-state index is 4.19. The Hall–Kier alpha value is -1.38. The molecule has 0 aliphatic rings. The highest BCUT2D eigenvalue weighted by Crippen LogP contribution is 1.92. The molecule has 58 valence electrons. The van der Waals surface area contributed by atoms with E-state index in [0.29, 0.717) is 6.54 Å². The van der Waals surface area contributed by atoms with Gasteiger partial charge in [-0.1, -0.05) is 6.58 Å². The first-order chi connectivity index (χ1) is 5.33. The number of nitrogens with zero attached hydrogens (tertiary/aromatic N) is 2. The first-order valence-corrected chi connectivity index (χ1v) is 3.46. The predicted octanol–water partition coefficient (Wildman–Crippen LogP) is 1.02. The van der Waals surface area contributed by atoms with Crippen LogP contribution in [0.1, 0.15) is 11.5 Å². The van der Waals surface area contributed by atoms with Gasteiger partial charge in [-0.05, 0) is 19.2 Å². The van der Waals surface area contributed by atoms with Gasteiger partial charge in [-0.2, -0.15) is 0 Å². The normalized spacial score (nSPS) is 9.18. The lowest BCUT2D eigenvalue weighted by Crippen LogP contribution is -2.06. The monoisotopic (exact) mass is 149 g/mol. The van der Waals surface area contributed by atoms with Gasteiger partial charge >= 0.3 is 0 Å². The number of hydrogen-bond acceptors (Lipinski definition) is 3. The van der Waals surface area contributed by atoms with Crippen LogP contribution in [0.15, 0.2) is 25.0 Å². The highest BCUT2D eigenvalue weighted by molar-refractivity contribution is 5.01. The van der Waals surface area contributed by atoms with Gasteiger partial charge < -0.3 is 5.32 Å². The molecule has 0 aliphatic carbocycles. The Labute approximate surface area is 66.2 Å². The molecule has 1 aromatic rings. The quantitative estimate of drug-likeness (QED) is 0.697. The van der Waals surface area contributed by atoms with Gasteiger partial charge in [-0.3, -0.25) is 0 Å². The van der Waals surface area contributed by atoms with Gasteiger partial charge in [0.2, 0.25) is 0 Å². The van der Waals surface area contributed by atoms with Gasteiger partial charge in [-0.15, -0.1) is 0 Å². The van der Waals surface area contributed by atoms with Crippen LogP contribution in [-0.2, 0) is 6.54 Å². The van der Waals surface area contributed by atoms with Gasteiger partial charge in [0.25, 0.3) is 0 Å². The van der Waals surface area contributed by atoms with Crippen molar-refractivity contribution < 1.29 is 0 Å². The Morgan fingerprint density at radius 3 is 3.18 bits per heavy atom. The van der Waals surface area contributed by atoms with Gasteiger partial charge in [0.15, 0.2) is 0 Å². The van der Waals surface area contributed by atoms with E-state index in [1.54, 1.807) is 12.4 Å². The molecule has 0 spiro atoms. The van der Waals surface area contributed by atoms with Crippen LogP contribution in [0.5, 0.6) is 0 Å². The van der Waals surface area contributed by atoms with Gasteiger partial charge in [0.05, 0.1) is 12.2 Å². The lowest BCUT2D eigenvalue weighted by atomic mass is 10.4. The molecule has 0 saturated heterocycles. The Morgan fingerprint density at radius 2 is 2.55 bits per heavy atom.